The zero-order valence-corrected chi connectivity index (χ0v) is 10.5. The van der Waals surface area contributed by atoms with Gasteiger partial charge in [0.25, 0.3) is 6.43 Å². The summed E-state index contributed by atoms with van der Waals surface area (Å²) < 4.78 is 25.3. The van der Waals surface area contributed by atoms with Crippen LogP contribution in [-0.4, -0.2) is 22.9 Å². The smallest absolute Gasteiger partial charge is 0.251 e. The largest absolute Gasteiger partial charge is 0.288 e. The molecule has 4 heteroatoms. The monoisotopic (exact) mass is 262 g/mol. The van der Waals surface area contributed by atoms with Gasteiger partial charge in [-0.1, -0.05) is 36.4 Å². The molecule has 0 aliphatic heterocycles. The van der Waals surface area contributed by atoms with E-state index in [1.807, 2.05) is 48.5 Å². The topological polar surface area (TPSA) is 16.1 Å². The van der Waals surface area contributed by atoms with Gasteiger partial charge in [0.2, 0.25) is 0 Å². The summed E-state index contributed by atoms with van der Waals surface area (Å²) in [7, 11) is 0. The van der Waals surface area contributed by atoms with E-state index in [1.165, 1.54) is 0 Å². The van der Waals surface area contributed by atoms with Crippen LogP contribution in [0.2, 0.25) is 0 Å². The Labute approximate surface area is 111 Å². The molecular formula is C15H16F2N2. The van der Waals surface area contributed by atoms with Crippen LogP contribution in [-0.2, 0) is 13.1 Å². The van der Waals surface area contributed by atoms with Crippen molar-refractivity contribution in [1.82, 2.24) is 9.88 Å². The van der Waals surface area contributed by atoms with Gasteiger partial charge in [-0.05, 0) is 17.7 Å². The van der Waals surface area contributed by atoms with Crippen molar-refractivity contribution in [3.8, 4) is 0 Å². The van der Waals surface area contributed by atoms with Crippen molar-refractivity contribution in [3.63, 3.8) is 0 Å². The van der Waals surface area contributed by atoms with Crippen molar-refractivity contribution >= 4 is 0 Å². The highest BCUT2D eigenvalue weighted by molar-refractivity contribution is 5.14. The molecule has 0 spiro atoms. The van der Waals surface area contributed by atoms with Crippen molar-refractivity contribution in [2.75, 3.05) is 6.54 Å². The Bertz CT molecular complexity index is 433. The van der Waals surface area contributed by atoms with Crippen molar-refractivity contribution in [2.24, 2.45) is 0 Å². The quantitative estimate of drug-likeness (QED) is 0.793. The first kappa shape index (κ1) is 13.6. The molecule has 19 heavy (non-hydrogen) atoms. The molecule has 0 radical (unpaired) electrons. The van der Waals surface area contributed by atoms with E-state index in [-0.39, 0.29) is 6.54 Å². The lowest BCUT2D eigenvalue weighted by Gasteiger charge is -2.21. The predicted octanol–water partition coefficient (Wildman–Crippen LogP) is 3.35. The van der Waals surface area contributed by atoms with Crippen molar-refractivity contribution < 1.29 is 8.78 Å². The summed E-state index contributed by atoms with van der Waals surface area (Å²) >= 11 is 0. The van der Waals surface area contributed by atoms with Crippen LogP contribution < -0.4 is 0 Å². The fraction of sp³-hybridized carbons (Fsp3) is 0.267. The van der Waals surface area contributed by atoms with Gasteiger partial charge in [0.15, 0.2) is 0 Å². The van der Waals surface area contributed by atoms with E-state index in [0.717, 1.165) is 11.3 Å². The molecule has 0 bridgehead atoms. The van der Waals surface area contributed by atoms with Crippen LogP contribution in [0.5, 0.6) is 0 Å². The second-order valence-electron chi connectivity index (χ2n) is 4.37. The zero-order valence-electron chi connectivity index (χ0n) is 10.5. The molecule has 1 heterocycles. The third kappa shape index (κ3) is 4.75. The SMILES string of the molecule is FC(F)CN(Cc1ccccc1)Cc1ccccn1. The summed E-state index contributed by atoms with van der Waals surface area (Å²) in [5.41, 5.74) is 1.83. The van der Waals surface area contributed by atoms with Gasteiger partial charge in [-0.2, -0.15) is 0 Å². The van der Waals surface area contributed by atoms with E-state index in [2.05, 4.69) is 4.98 Å². The summed E-state index contributed by atoms with van der Waals surface area (Å²) in [6.45, 7) is 0.688. The number of nitrogens with zero attached hydrogens (tertiary/aromatic N) is 2. The van der Waals surface area contributed by atoms with Crippen LogP contribution in [0.3, 0.4) is 0 Å². The number of halogens is 2. The fourth-order valence-electron chi connectivity index (χ4n) is 1.94. The fourth-order valence-corrected chi connectivity index (χ4v) is 1.94. The zero-order chi connectivity index (χ0) is 13.5. The van der Waals surface area contributed by atoms with Gasteiger partial charge in [0, 0.05) is 19.3 Å². The third-order valence-electron chi connectivity index (χ3n) is 2.76. The van der Waals surface area contributed by atoms with Gasteiger partial charge in [-0.25, -0.2) is 8.78 Å². The van der Waals surface area contributed by atoms with Crippen LogP contribution in [0.4, 0.5) is 8.78 Å². The van der Waals surface area contributed by atoms with Gasteiger partial charge in [0.1, 0.15) is 0 Å². The summed E-state index contributed by atoms with van der Waals surface area (Å²) in [6, 6.07) is 15.2. The maximum Gasteiger partial charge on any atom is 0.251 e. The van der Waals surface area contributed by atoms with Gasteiger partial charge >= 0.3 is 0 Å². The highest BCUT2D eigenvalue weighted by atomic mass is 19.3. The summed E-state index contributed by atoms with van der Waals surface area (Å²) in [6.07, 6.45) is -0.661. The van der Waals surface area contributed by atoms with Gasteiger partial charge in [0.05, 0.1) is 12.2 Å². The molecular weight excluding hydrogens is 246 g/mol. The normalized spacial score (nSPS) is 11.2. The maximum atomic E-state index is 12.6. The average Bonchev–Trinajstić information content (AvgIpc) is 2.40. The average molecular weight is 262 g/mol. The highest BCUT2D eigenvalue weighted by Crippen LogP contribution is 2.10. The number of alkyl halides is 2. The number of aromatic nitrogens is 1. The lowest BCUT2D eigenvalue weighted by molar-refractivity contribution is 0.0803. The van der Waals surface area contributed by atoms with Crippen molar-refractivity contribution in [3.05, 3.63) is 66.0 Å². The van der Waals surface area contributed by atoms with Crippen LogP contribution in [0.25, 0.3) is 0 Å². The molecule has 0 aliphatic rings. The molecule has 2 aromatic rings. The number of rotatable bonds is 6. The molecule has 2 rings (SSSR count). The molecule has 100 valence electrons. The number of benzene rings is 1. The molecule has 0 N–H and O–H groups in total. The Balaban J connectivity index is 2.03. The van der Waals surface area contributed by atoms with E-state index in [0.29, 0.717) is 13.1 Å². The molecule has 0 aliphatic carbocycles. The first-order valence-electron chi connectivity index (χ1n) is 6.18. The highest BCUT2D eigenvalue weighted by Gasteiger charge is 2.13. The number of hydrogen-bond acceptors (Lipinski definition) is 2. The minimum Gasteiger partial charge on any atom is -0.288 e. The Morgan fingerprint density at radius 1 is 0.947 bits per heavy atom. The Morgan fingerprint density at radius 3 is 2.32 bits per heavy atom. The second-order valence-corrected chi connectivity index (χ2v) is 4.37. The van der Waals surface area contributed by atoms with Gasteiger partial charge in [-0.15, -0.1) is 0 Å². The Hall–Kier alpha value is -1.81. The molecule has 2 nitrogen and oxygen atoms in total. The van der Waals surface area contributed by atoms with Crippen molar-refractivity contribution in [2.45, 2.75) is 19.5 Å². The Morgan fingerprint density at radius 2 is 1.68 bits per heavy atom. The van der Waals surface area contributed by atoms with Gasteiger partial charge < -0.3 is 0 Å². The van der Waals surface area contributed by atoms with E-state index >= 15 is 0 Å². The van der Waals surface area contributed by atoms with Crippen LogP contribution in [0, 0.1) is 0 Å². The van der Waals surface area contributed by atoms with Crippen LogP contribution >= 0.6 is 0 Å². The van der Waals surface area contributed by atoms with E-state index in [1.54, 1.807) is 11.1 Å². The van der Waals surface area contributed by atoms with Crippen molar-refractivity contribution in [1.29, 1.82) is 0 Å². The van der Waals surface area contributed by atoms with Crippen LogP contribution in [0.1, 0.15) is 11.3 Å². The van der Waals surface area contributed by atoms with E-state index in [4.69, 9.17) is 0 Å². The summed E-state index contributed by atoms with van der Waals surface area (Å²) in [5.74, 6) is 0. The molecule has 0 atom stereocenters. The molecule has 0 fully saturated rings. The van der Waals surface area contributed by atoms with Gasteiger partial charge in [-0.3, -0.25) is 9.88 Å². The second kappa shape index (κ2) is 6.95. The summed E-state index contributed by atoms with van der Waals surface area (Å²) in [4.78, 5) is 5.89. The molecule has 0 unspecified atom stereocenters. The molecule has 1 aromatic heterocycles. The predicted molar refractivity (Wildman–Crippen MR) is 70.8 cm³/mol. The van der Waals surface area contributed by atoms with Crippen LogP contribution in [0.15, 0.2) is 54.7 Å². The minimum atomic E-state index is -2.34. The Kier molecular flexibility index (Phi) is 4.98. The lowest BCUT2D eigenvalue weighted by atomic mass is 10.2. The number of hydrogen-bond donors (Lipinski definition) is 0. The summed E-state index contributed by atoms with van der Waals surface area (Å²) in [5, 5.41) is 0. The maximum absolute atomic E-state index is 12.6. The molecule has 0 saturated carbocycles. The minimum absolute atomic E-state index is 0.245. The molecule has 0 amide bonds. The van der Waals surface area contributed by atoms with E-state index < -0.39 is 6.43 Å². The van der Waals surface area contributed by atoms with E-state index in [9.17, 15) is 8.78 Å². The standard InChI is InChI=1S/C15H16F2N2/c16-15(17)12-19(10-13-6-2-1-3-7-13)11-14-8-4-5-9-18-14/h1-9,15H,10-12H2. The third-order valence-corrected chi connectivity index (χ3v) is 2.76. The molecule has 1 aromatic carbocycles. The molecule has 0 saturated heterocycles. The number of pyridine rings is 1. The first-order chi connectivity index (χ1) is 9.24. The lowest BCUT2D eigenvalue weighted by Crippen LogP contribution is -2.28. The first-order valence-corrected chi connectivity index (χ1v) is 6.18.